The summed E-state index contributed by atoms with van der Waals surface area (Å²) in [4.78, 5) is 4.15. The van der Waals surface area contributed by atoms with Crippen molar-refractivity contribution in [2.45, 2.75) is 11.1 Å². The first-order valence-corrected chi connectivity index (χ1v) is 5.88. The number of thioether (sulfide) groups is 1. The lowest BCUT2D eigenvalue weighted by Gasteiger charge is -2.11. The zero-order valence-electron chi connectivity index (χ0n) is 8.13. The normalized spacial score (nSPS) is 19.1. The minimum atomic E-state index is 0.339. The number of rotatable bonds is 1. The standard InChI is InChI=1S/C11H11N3S/c12-9-3-5-14-10(9)7-15-11(14)8-2-1-4-13-6-8/h1-6,11H,7,12H2/t11-/m1/s1. The summed E-state index contributed by atoms with van der Waals surface area (Å²) in [5.41, 5.74) is 9.24. The van der Waals surface area contributed by atoms with Crippen LogP contribution in [0.4, 0.5) is 5.69 Å². The molecule has 0 radical (unpaired) electrons. The van der Waals surface area contributed by atoms with Crippen molar-refractivity contribution in [3.63, 3.8) is 0 Å². The molecule has 2 aromatic heterocycles. The van der Waals surface area contributed by atoms with Gasteiger partial charge in [-0.15, -0.1) is 11.8 Å². The fraction of sp³-hybridized carbons (Fsp3) is 0.182. The van der Waals surface area contributed by atoms with Crippen molar-refractivity contribution in [1.29, 1.82) is 0 Å². The summed E-state index contributed by atoms with van der Waals surface area (Å²) >= 11 is 1.89. The van der Waals surface area contributed by atoms with Crippen molar-refractivity contribution in [3.8, 4) is 0 Å². The van der Waals surface area contributed by atoms with E-state index in [9.17, 15) is 0 Å². The number of pyridine rings is 1. The maximum absolute atomic E-state index is 5.88. The van der Waals surface area contributed by atoms with Crippen molar-refractivity contribution < 1.29 is 0 Å². The maximum atomic E-state index is 5.88. The Morgan fingerprint density at radius 3 is 3.20 bits per heavy atom. The van der Waals surface area contributed by atoms with Gasteiger partial charge < -0.3 is 10.3 Å². The highest BCUT2D eigenvalue weighted by molar-refractivity contribution is 7.99. The van der Waals surface area contributed by atoms with E-state index in [-0.39, 0.29) is 0 Å². The molecule has 3 heterocycles. The molecule has 0 aliphatic carbocycles. The number of anilines is 1. The molecule has 4 heteroatoms. The van der Waals surface area contributed by atoms with E-state index >= 15 is 0 Å². The van der Waals surface area contributed by atoms with Gasteiger partial charge in [-0.2, -0.15) is 0 Å². The second kappa shape index (κ2) is 3.31. The number of aromatic nitrogens is 2. The summed E-state index contributed by atoms with van der Waals surface area (Å²) in [7, 11) is 0. The molecule has 76 valence electrons. The Labute approximate surface area is 92.3 Å². The molecule has 3 rings (SSSR count). The summed E-state index contributed by atoms with van der Waals surface area (Å²) in [6.45, 7) is 0. The van der Waals surface area contributed by atoms with Crippen LogP contribution < -0.4 is 5.73 Å². The van der Waals surface area contributed by atoms with Crippen LogP contribution in [-0.4, -0.2) is 9.55 Å². The Bertz CT molecular complexity index is 478. The maximum Gasteiger partial charge on any atom is 0.106 e. The molecule has 2 N–H and O–H groups in total. The lowest BCUT2D eigenvalue weighted by molar-refractivity contribution is 0.778. The molecule has 0 bridgehead atoms. The van der Waals surface area contributed by atoms with Crippen molar-refractivity contribution in [2.75, 3.05) is 5.73 Å². The SMILES string of the molecule is Nc1ccn2c1CS[C@@H]2c1cccnc1. The highest BCUT2D eigenvalue weighted by Gasteiger charge is 2.25. The molecule has 0 aromatic carbocycles. The molecular weight excluding hydrogens is 206 g/mol. The van der Waals surface area contributed by atoms with E-state index in [1.54, 1.807) is 6.20 Å². The van der Waals surface area contributed by atoms with Gasteiger partial charge in [-0.05, 0) is 12.1 Å². The number of hydrogen-bond acceptors (Lipinski definition) is 3. The molecule has 15 heavy (non-hydrogen) atoms. The third kappa shape index (κ3) is 1.33. The lowest BCUT2D eigenvalue weighted by Crippen LogP contribution is -2.02. The number of nitrogen functional groups attached to an aromatic ring is 1. The second-order valence-corrected chi connectivity index (χ2v) is 4.64. The smallest absolute Gasteiger partial charge is 0.106 e. The third-order valence-corrected chi connectivity index (χ3v) is 3.91. The first kappa shape index (κ1) is 8.85. The fourth-order valence-corrected chi connectivity index (χ4v) is 3.21. The molecule has 0 unspecified atom stereocenters. The summed E-state index contributed by atoms with van der Waals surface area (Å²) in [6.07, 6.45) is 5.78. The molecule has 0 saturated heterocycles. The van der Waals surface area contributed by atoms with E-state index in [2.05, 4.69) is 21.8 Å². The van der Waals surface area contributed by atoms with Gasteiger partial charge in [0.05, 0.1) is 11.4 Å². The average molecular weight is 217 g/mol. The summed E-state index contributed by atoms with van der Waals surface area (Å²) in [5.74, 6) is 0.985. The van der Waals surface area contributed by atoms with Gasteiger partial charge in [0, 0.05) is 29.9 Å². The Morgan fingerprint density at radius 1 is 1.47 bits per heavy atom. The predicted octanol–water partition coefficient (Wildman–Crippen LogP) is 2.26. The first-order valence-electron chi connectivity index (χ1n) is 4.83. The molecule has 3 nitrogen and oxygen atoms in total. The largest absolute Gasteiger partial charge is 0.397 e. The second-order valence-electron chi connectivity index (χ2n) is 3.57. The van der Waals surface area contributed by atoms with Gasteiger partial charge >= 0.3 is 0 Å². The van der Waals surface area contributed by atoms with E-state index < -0.39 is 0 Å². The van der Waals surface area contributed by atoms with Crippen LogP contribution in [0.3, 0.4) is 0 Å². The van der Waals surface area contributed by atoms with Crippen LogP contribution in [0.2, 0.25) is 0 Å². The van der Waals surface area contributed by atoms with Crippen LogP contribution in [-0.2, 0) is 5.75 Å². The molecule has 1 aliphatic rings. The molecule has 1 aliphatic heterocycles. The minimum absolute atomic E-state index is 0.339. The first-order chi connectivity index (χ1) is 7.36. The highest BCUT2D eigenvalue weighted by atomic mass is 32.2. The van der Waals surface area contributed by atoms with E-state index in [1.807, 2.05) is 30.1 Å². The van der Waals surface area contributed by atoms with Gasteiger partial charge in [0.2, 0.25) is 0 Å². The molecular formula is C11H11N3S. The van der Waals surface area contributed by atoms with Crippen molar-refractivity contribution in [2.24, 2.45) is 0 Å². The number of nitrogens with zero attached hydrogens (tertiary/aromatic N) is 2. The topological polar surface area (TPSA) is 43.8 Å². The van der Waals surface area contributed by atoms with Crippen molar-refractivity contribution in [3.05, 3.63) is 48.0 Å². The van der Waals surface area contributed by atoms with Crippen molar-refractivity contribution in [1.82, 2.24) is 9.55 Å². The van der Waals surface area contributed by atoms with Gasteiger partial charge in [-0.3, -0.25) is 4.98 Å². The van der Waals surface area contributed by atoms with E-state index in [1.165, 1.54) is 11.3 Å². The summed E-state index contributed by atoms with van der Waals surface area (Å²) < 4.78 is 2.23. The predicted molar refractivity (Wildman–Crippen MR) is 62.5 cm³/mol. The van der Waals surface area contributed by atoms with Crippen LogP contribution in [0.15, 0.2) is 36.8 Å². The minimum Gasteiger partial charge on any atom is -0.397 e. The van der Waals surface area contributed by atoms with Crippen LogP contribution in [0, 0.1) is 0 Å². The summed E-state index contributed by atoms with van der Waals surface area (Å²) in [5, 5.41) is 0.339. The van der Waals surface area contributed by atoms with E-state index in [0.717, 1.165) is 11.4 Å². The van der Waals surface area contributed by atoms with Gasteiger partial charge in [0.15, 0.2) is 0 Å². The Balaban J connectivity index is 2.04. The molecule has 0 amide bonds. The van der Waals surface area contributed by atoms with Gasteiger partial charge in [0.1, 0.15) is 5.37 Å². The Morgan fingerprint density at radius 2 is 2.40 bits per heavy atom. The number of hydrogen-bond donors (Lipinski definition) is 1. The molecule has 0 saturated carbocycles. The van der Waals surface area contributed by atoms with Crippen molar-refractivity contribution >= 4 is 17.4 Å². The fourth-order valence-electron chi connectivity index (χ4n) is 1.89. The number of fused-ring (bicyclic) bond motifs is 1. The Kier molecular flexibility index (Phi) is 1.95. The van der Waals surface area contributed by atoms with Crippen LogP contribution in [0.5, 0.6) is 0 Å². The highest BCUT2D eigenvalue weighted by Crippen LogP contribution is 2.42. The van der Waals surface area contributed by atoms with E-state index in [0.29, 0.717) is 5.37 Å². The van der Waals surface area contributed by atoms with Crippen LogP contribution in [0.1, 0.15) is 16.6 Å². The monoisotopic (exact) mass is 217 g/mol. The van der Waals surface area contributed by atoms with Gasteiger partial charge in [-0.1, -0.05) is 6.07 Å². The van der Waals surface area contributed by atoms with E-state index in [4.69, 9.17) is 5.73 Å². The van der Waals surface area contributed by atoms with Crippen LogP contribution in [0.25, 0.3) is 0 Å². The third-order valence-electron chi connectivity index (χ3n) is 2.66. The van der Waals surface area contributed by atoms with Crippen LogP contribution >= 0.6 is 11.8 Å². The lowest BCUT2D eigenvalue weighted by atomic mass is 10.3. The quantitative estimate of drug-likeness (QED) is 0.796. The van der Waals surface area contributed by atoms with Gasteiger partial charge in [0.25, 0.3) is 0 Å². The Hall–Kier alpha value is -1.42. The molecule has 2 aromatic rings. The molecule has 0 spiro atoms. The zero-order valence-corrected chi connectivity index (χ0v) is 8.95. The zero-order chi connectivity index (χ0) is 10.3. The summed E-state index contributed by atoms with van der Waals surface area (Å²) in [6, 6.07) is 6.05. The average Bonchev–Trinajstić information content (AvgIpc) is 2.83. The molecule has 0 fully saturated rings. The number of nitrogens with two attached hydrogens (primary N) is 1. The van der Waals surface area contributed by atoms with Gasteiger partial charge in [-0.25, -0.2) is 0 Å². The molecule has 1 atom stereocenters.